The molecule has 0 saturated heterocycles. The molecule has 2 aromatic carbocycles. The van der Waals surface area contributed by atoms with Crippen LogP contribution < -0.4 is 14.8 Å². The highest BCUT2D eigenvalue weighted by molar-refractivity contribution is 6.32. The van der Waals surface area contributed by atoms with Crippen LogP contribution in [0.2, 0.25) is 5.02 Å². The molecule has 28 heavy (non-hydrogen) atoms. The Balaban J connectivity index is 2.18. The molecule has 5 heteroatoms. The Labute approximate surface area is 173 Å². The molecule has 0 spiro atoms. The van der Waals surface area contributed by atoms with Crippen molar-refractivity contribution in [3.63, 3.8) is 0 Å². The molecule has 0 bridgehead atoms. The summed E-state index contributed by atoms with van der Waals surface area (Å²) in [6, 6.07) is 11.2. The minimum atomic E-state index is -0.606. The van der Waals surface area contributed by atoms with Crippen molar-refractivity contribution in [2.24, 2.45) is 0 Å². The van der Waals surface area contributed by atoms with E-state index in [1.54, 1.807) is 19.2 Å². The van der Waals surface area contributed by atoms with Gasteiger partial charge in [0.25, 0.3) is 5.91 Å². The molecule has 2 atom stereocenters. The van der Waals surface area contributed by atoms with Crippen LogP contribution in [0.1, 0.15) is 62.8 Å². The number of halogens is 1. The number of aryl methyl sites for hydroxylation is 1. The summed E-state index contributed by atoms with van der Waals surface area (Å²) in [4.78, 5) is 12.8. The number of ether oxygens (including phenoxy) is 2. The van der Waals surface area contributed by atoms with Gasteiger partial charge in [-0.3, -0.25) is 4.79 Å². The largest absolute Gasteiger partial charge is 0.496 e. The Bertz CT molecular complexity index is 819. The molecule has 0 aliphatic rings. The maximum atomic E-state index is 12.8. The van der Waals surface area contributed by atoms with E-state index in [2.05, 4.69) is 25.2 Å². The van der Waals surface area contributed by atoms with E-state index in [4.69, 9.17) is 21.1 Å². The van der Waals surface area contributed by atoms with Crippen LogP contribution in [-0.2, 0) is 4.79 Å². The van der Waals surface area contributed by atoms with E-state index >= 15 is 0 Å². The SMILES string of the molecule is CCC(Oc1ccccc1Cl)C(=O)NC(C)c1cc(C(C)C)c(OC)cc1C. The van der Waals surface area contributed by atoms with E-state index in [0.717, 1.165) is 22.4 Å². The molecule has 1 N–H and O–H groups in total. The molecule has 4 nitrogen and oxygen atoms in total. The predicted octanol–water partition coefficient (Wildman–Crippen LogP) is 5.82. The Morgan fingerprint density at radius 2 is 1.79 bits per heavy atom. The summed E-state index contributed by atoms with van der Waals surface area (Å²) in [5, 5.41) is 3.58. The van der Waals surface area contributed by atoms with Crippen LogP contribution in [0.25, 0.3) is 0 Å². The zero-order valence-electron chi connectivity index (χ0n) is 17.5. The normalized spacial score (nSPS) is 13.1. The van der Waals surface area contributed by atoms with Gasteiger partial charge in [0.2, 0.25) is 0 Å². The Kier molecular flexibility index (Phi) is 7.76. The maximum absolute atomic E-state index is 12.8. The van der Waals surface area contributed by atoms with Crippen LogP contribution >= 0.6 is 11.6 Å². The number of amides is 1. The second-order valence-corrected chi connectivity index (χ2v) is 7.69. The molecule has 0 saturated carbocycles. The van der Waals surface area contributed by atoms with Gasteiger partial charge in [0, 0.05) is 0 Å². The monoisotopic (exact) mass is 403 g/mol. The molecule has 152 valence electrons. The van der Waals surface area contributed by atoms with Gasteiger partial charge in [0.1, 0.15) is 11.5 Å². The highest BCUT2D eigenvalue weighted by atomic mass is 35.5. The van der Waals surface area contributed by atoms with E-state index in [0.29, 0.717) is 23.1 Å². The first-order valence-corrected chi connectivity index (χ1v) is 10.1. The van der Waals surface area contributed by atoms with Crippen LogP contribution in [0.3, 0.4) is 0 Å². The van der Waals surface area contributed by atoms with Gasteiger partial charge in [-0.15, -0.1) is 0 Å². The molecule has 0 fully saturated rings. The van der Waals surface area contributed by atoms with Crippen molar-refractivity contribution in [3.05, 3.63) is 58.1 Å². The zero-order valence-corrected chi connectivity index (χ0v) is 18.3. The summed E-state index contributed by atoms with van der Waals surface area (Å²) in [5.74, 6) is 1.56. The average Bonchev–Trinajstić information content (AvgIpc) is 2.66. The molecule has 0 aliphatic heterocycles. The Morgan fingerprint density at radius 3 is 2.36 bits per heavy atom. The molecule has 0 radical (unpaired) electrons. The number of benzene rings is 2. The van der Waals surface area contributed by atoms with Crippen molar-refractivity contribution in [1.29, 1.82) is 0 Å². The van der Waals surface area contributed by atoms with E-state index < -0.39 is 6.10 Å². The Morgan fingerprint density at radius 1 is 1.11 bits per heavy atom. The van der Waals surface area contributed by atoms with Gasteiger partial charge in [0.05, 0.1) is 18.2 Å². The van der Waals surface area contributed by atoms with Gasteiger partial charge in [-0.05, 0) is 67.1 Å². The third kappa shape index (κ3) is 5.20. The standard InChI is InChI=1S/C23H30ClNO3/c1-7-20(28-21-11-9-8-10-19(21)24)23(26)25-16(5)18-13-17(14(2)3)22(27-6)12-15(18)4/h8-14,16,20H,7H2,1-6H3,(H,25,26). The second-order valence-electron chi connectivity index (χ2n) is 7.28. The molecule has 0 aliphatic carbocycles. The van der Waals surface area contributed by atoms with Gasteiger partial charge in [-0.1, -0.05) is 44.5 Å². The minimum Gasteiger partial charge on any atom is -0.496 e. The first kappa shape index (κ1) is 22.1. The zero-order chi connectivity index (χ0) is 20.8. The van der Waals surface area contributed by atoms with Gasteiger partial charge in [-0.2, -0.15) is 0 Å². The average molecular weight is 404 g/mol. The third-order valence-corrected chi connectivity index (χ3v) is 5.15. The predicted molar refractivity (Wildman–Crippen MR) is 115 cm³/mol. The van der Waals surface area contributed by atoms with E-state index in [9.17, 15) is 4.79 Å². The lowest BCUT2D eigenvalue weighted by molar-refractivity contribution is -0.128. The molecule has 2 rings (SSSR count). The molecular weight excluding hydrogens is 374 g/mol. The summed E-state index contributed by atoms with van der Waals surface area (Å²) in [5.41, 5.74) is 3.28. The fourth-order valence-electron chi connectivity index (χ4n) is 3.21. The van der Waals surface area contributed by atoms with Crippen LogP contribution in [0.5, 0.6) is 11.5 Å². The number of methoxy groups -OCH3 is 1. The molecule has 1 amide bonds. The van der Waals surface area contributed by atoms with Gasteiger partial charge in [-0.25, -0.2) is 0 Å². The topological polar surface area (TPSA) is 47.6 Å². The van der Waals surface area contributed by atoms with Gasteiger partial charge < -0.3 is 14.8 Å². The quantitative estimate of drug-likeness (QED) is 0.604. The van der Waals surface area contributed by atoms with E-state index in [1.807, 2.05) is 39.0 Å². The lowest BCUT2D eigenvalue weighted by atomic mass is 9.93. The first-order valence-electron chi connectivity index (χ1n) is 9.68. The third-order valence-electron chi connectivity index (χ3n) is 4.83. The van der Waals surface area contributed by atoms with Crippen LogP contribution in [0.15, 0.2) is 36.4 Å². The van der Waals surface area contributed by atoms with Crippen molar-refractivity contribution < 1.29 is 14.3 Å². The van der Waals surface area contributed by atoms with Crippen LogP contribution in [0, 0.1) is 6.92 Å². The number of hydrogen-bond acceptors (Lipinski definition) is 3. The summed E-state index contributed by atoms with van der Waals surface area (Å²) < 4.78 is 11.4. The number of hydrogen-bond donors (Lipinski definition) is 1. The lowest BCUT2D eigenvalue weighted by Gasteiger charge is -2.24. The van der Waals surface area contributed by atoms with Crippen molar-refractivity contribution in [1.82, 2.24) is 5.32 Å². The minimum absolute atomic E-state index is 0.153. The summed E-state index contributed by atoms with van der Waals surface area (Å²) in [6.07, 6.45) is -0.0618. The molecular formula is C23H30ClNO3. The van der Waals surface area contributed by atoms with Gasteiger partial charge >= 0.3 is 0 Å². The van der Waals surface area contributed by atoms with Crippen molar-refractivity contribution in [3.8, 4) is 11.5 Å². The molecule has 2 unspecified atom stereocenters. The van der Waals surface area contributed by atoms with Crippen LogP contribution in [0.4, 0.5) is 0 Å². The fourth-order valence-corrected chi connectivity index (χ4v) is 3.39. The fraction of sp³-hybridized carbons (Fsp3) is 0.435. The van der Waals surface area contributed by atoms with Crippen molar-refractivity contribution in [2.45, 2.75) is 59.1 Å². The Hall–Kier alpha value is -2.20. The highest BCUT2D eigenvalue weighted by Crippen LogP contribution is 2.32. The molecule has 2 aromatic rings. The number of carbonyl (C=O) groups is 1. The lowest BCUT2D eigenvalue weighted by Crippen LogP contribution is -2.39. The number of rotatable bonds is 8. The molecule has 0 heterocycles. The highest BCUT2D eigenvalue weighted by Gasteiger charge is 2.23. The number of nitrogens with one attached hydrogen (secondary N) is 1. The van der Waals surface area contributed by atoms with E-state index in [1.165, 1.54) is 0 Å². The first-order chi connectivity index (χ1) is 13.3. The summed E-state index contributed by atoms with van der Waals surface area (Å²) >= 11 is 6.16. The van der Waals surface area contributed by atoms with Gasteiger partial charge in [0.15, 0.2) is 6.10 Å². The number of carbonyl (C=O) groups excluding carboxylic acids is 1. The maximum Gasteiger partial charge on any atom is 0.261 e. The summed E-state index contributed by atoms with van der Waals surface area (Å²) in [7, 11) is 1.68. The van der Waals surface area contributed by atoms with E-state index in [-0.39, 0.29) is 11.9 Å². The smallest absolute Gasteiger partial charge is 0.261 e. The second kappa shape index (κ2) is 9.83. The van der Waals surface area contributed by atoms with Crippen molar-refractivity contribution >= 4 is 17.5 Å². The molecule has 0 aromatic heterocycles. The van der Waals surface area contributed by atoms with Crippen molar-refractivity contribution in [2.75, 3.05) is 7.11 Å². The number of para-hydroxylation sites is 1. The van der Waals surface area contributed by atoms with Crippen LogP contribution in [-0.4, -0.2) is 19.1 Å². The summed E-state index contributed by atoms with van der Waals surface area (Å²) in [6.45, 7) is 10.2.